The van der Waals surface area contributed by atoms with Gasteiger partial charge in [-0.1, -0.05) is 0 Å². The molecule has 4 aliphatic rings. The predicted octanol–water partition coefficient (Wildman–Crippen LogP) is 3.63. The van der Waals surface area contributed by atoms with Crippen LogP contribution in [0.4, 0.5) is 5.82 Å². The van der Waals surface area contributed by atoms with E-state index in [-0.39, 0.29) is 5.92 Å². The number of piperidine rings is 2. The average Bonchev–Trinajstić information content (AvgIpc) is 3.27. The highest BCUT2D eigenvalue weighted by Crippen LogP contribution is 2.40. The van der Waals surface area contributed by atoms with Crippen molar-refractivity contribution in [1.29, 1.82) is 0 Å². The van der Waals surface area contributed by atoms with Crippen LogP contribution in [0, 0.1) is 5.92 Å². The molecule has 1 amide bonds. The maximum atomic E-state index is 13.1. The highest BCUT2D eigenvalue weighted by molar-refractivity contribution is 7.19. The third kappa shape index (κ3) is 4.56. The number of anilines is 1. The molecule has 0 spiro atoms. The quantitative estimate of drug-likeness (QED) is 0.662. The zero-order chi connectivity index (χ0) is 22.9. The van der Waals surface area contributed by atoms with Gasteiger partial charge in [-0.25, -0.2) is 9.97 Å². The van der Waals surface area contributed by atoms with Crippen LogP contribution in [0.1, 0.15) is 61.2 Å². The number of fused-ring (bicyclic) bond motifs is 3. The Hall–Kier alpha value is -1.77. The number of rotatable bonds is 4. The number of aryl methyl sites for hydroxylation is 2. The molecule has 1 aliphatic carbocycles. The van der Waals surface area contributed by atoms with Crippen LogP contribution in [0.15, 0.2) is 0 Å². The largest absolute Gasteiger partial charge is 0.379 e. The summed E-state index contributed by atoms with van der Waals surface area (Å²) in [7, 11) is 0. The van der Waals surface area contributed by atoms with Gasteiger partial charge in [-0.15, -0.1) is 11.3 Å². The first kappa shape index (κ1) is 22.7. The van der Waals surface area contributed by atoms with Crippen molar-refractivity contribution in [3.05, 3.63) is 16.3 Å². The summed E-state index contributed by atoms with van der Waals surface area (Å²) in [6.45, 7) is 8.01. The summed E-state index contributed by atoms with van der Waals surface area (Å²) >= 11 is 1.90. The summed E-state index contributed by atoms with van der Waals surface area (Å²) in [5, 5.41) is 1.31. The molecule has 2 aromatic rings. The standard InChI is InChI=1S/C26H37N5O2S/c32-26(31-10-4-1-5-11-31)19-8-12-30(13-9-19)24-23-20-6-2-3-7-21(20)34-25(23)28-22(27-24)18-29-14-16-33-17-15-29/h19H,1-18H2. The molecular formula is C26H37N5O2S. The van der Waals surface area contributed by atoms with Crippen LogP contribution in [0.3, 0.4) is 0 Å². The topological polar surface area (TPSA) is 61.8 Å². The van der Waals surface area contributed by atoms with Crippen LogP contribution in [0.5, 0.6) is 0 Å². The lowest BCUT2D eigenvalue weighted by atomic mass is 9.93. The molecule has 8 heteroatoms. The normalized spacial score (nSPS) is 22.8. The minimum absolute atomic E-state index is 0.177. The lowest BCUT2D eigenvalue weighted by Crippen LogP contribution is -2.44. The summed E-state index contributed by atoms with van der Waals surface area (Å²) in [6, 6.07) is 0. The molecule has 5 heterocycles. The number of likely N-dealkylation sites (tertiary alicyclic amines) is 1. The lowest BCUT2D eigenvalue weighted by molar-refractivity contribution is -0.137. The van der Waals surface area contributed by atoms with Gasteiger partial charge in [0.05, 0.1) is 25.1 Å². The van der Waals surface area contributed by atoms with Crippen molar-refractivity contribution in [2.24, 2.45) is 5.92 Å². The molecule has 0 saturated carbocycles. The van der Waals surface area contributed by atoms with Crippen LogP contribution in [-0.4, -0.2) is 78.2 Å². The Bertz CT molecular complexity index is 1020. The van der Waals surface area contributed by atoms with Gasteiger partial charge in [-0.3, -0.25) is 9.69 Å². The molecule has 7 nitrogen and oxygen atoms in total. The highest BCUT2D eigenvalue weighted by Gasteiger charge is 2.32. The van der Waals surface area contributed by atoms with Gasteiger partial charge in [0.25, 0.3) is 0 Å². The van der Waals surface area contributed by atoms with Crippen LogP contribution in [-0.2, 0) is 28.9 Å². The number of thiophene rings is 1. The summed E-state index contributed by atoms with van der Waals surface area (Å²) < 4.78 is 5.54. The minimum atomic E-state index is 0.177. The van der Waals surface area contributed by atoms with Crippen molar-refractivity contribution in [3.63, 3.8) is 0 Å². The van der Waals surface area contributed by atoms with Crippen molar-refractivity contribution in [2.75, 3.05) is 57.4 Å². The van der Waals surface area contributed by atoms with E-state index in [4.69, 9.17) is 14.7 Å². The molecular weight excluding hydrogens is 446 g/mol. The summed E-state index contributed by atoms with van der Waals surface area (Å²) in [4.78, 5) is 33.1. The molecule has 3 aliphatic heterocycles. The second-order valence-electron chi connectivity index (χ2n) is 10.4. The van der Waals surface area contributed by atoms with E-state index in [2.05, 4.69) is 14.7 Å². The Balaban J connectivity index is 1.25. The van der Waals surface area contributed by atoms with E-state index in [1.165, 1.54) is 59.2 Å². The molecule has 0 atom stereocenters. The van der Waals surface area contributed by atoms with E-state index >= 15 is 0 Å². The molecule has 0 bridgehead atoms. The number of carbonyl (C=O) groups excluding carboxylic acids is 1. The Morgan fingerprint density at radius 2 is 1.68 bits per heavy atom. The third-order valence-corrected chi connectivity index (χ3v) is 9.31. The van der Waals surface area contributed by atoms with E-state index in [1.807, 2.05) is 11.3 Å². The van der Waals surface area contributed by atoms with Gasteiger partial charge in [0.2, 0.25) is 5.91 Å². The van der Waals surface area contributed by atoms with Crippen molar-refractivity contribution < 1.29 is 9.53 Å². The maximum Gasteiger partial charge on any atom is 0.225 e. The van der Waals surface area contributed by atoms with Gasteiger partial charge < -0.3 is 14.5 Å². The number of amides is 1. The fourth-order valence-corrected chi connectivity index (χ4v) is 7.43. The third-order valence-electron chi connectivity index (χ3n) is 8.12. The Morgan fingerprint density at radius 1 is 0.912 bits per heavy atom. The fraction of sp³-hybridized carbons (Fsp3) is 0.731. The van der Waals surface area contributed by atoms with Gasteiger partial charge in [-0.2, -0.15) is 0 Å². The van der Waals surface area contributed by atoms with Crippen LogP contribution in [0.25, 0.3) is 10.2 Å². The average molecular weight is 484 g/mol. The first-order valence-electron chi connectivity index (χ1n) is 13.4. The molecule has 3 saturated heterocycles. The maximum absolute atomic E-state index is 13.1. The summed E-state index contributed by atoms with van der Waals surface area (Å²) in [6.07, 6.45) is 10.4. The number of aromatic nitrogens is 2. The SMILES string of the molecule is O=C(C1CCN(c2nc(CN3CCOCC3)nc3sc4c(c23)CCCC4)CC1)N1CCCCC1. The lowest BCUT2D eigenvalue weighted by Gasteiger charge is -2.36. The predicted molar refractivity (Wildman–Crippen MR) is 136 cm³/mol. The van der Waals surface area contributed by atoms with Crippen LogP contribution in [0.2, 0.25) is 0 Å². The second kappa shape index (κ2) is 10.1. The molecule has 34 heavy (non-hydrogen) atoms. The second-order valence-corrected chi connectivity index (χ2v) is 11.5. The monoisotopic (exact) mass is 483 g/mol. The minimum Gasteiger partial charge on any atom is -0.379 e. The van der Waals surface area contributed by atoms with Gasteiger partial charge in [0.1, 0.15) is 16.5 Å². The number of nitrogens with zero attached hydrogens (tertiary/aromatic N) is 5. The molecule has 6 rings (SSSR count). The molecule has 0 radical (unpaired) electrons. The van der Waals surface area contributed by atoms with Crippen LogP contribution < -0.4 is 4.90 Å². The van der Waals surface area contributed by atoms with Crippen molar-refractivity contribution >= 4 is 33.3 Å². The first-order chi connectivity index (χ1) is 16.8. The van der Waals surface area contributed by atoms with E-state index in [1.54, 1.807) is 0 Å². The number of carbonyl (C=O) groups is 1. The van der Waals surface area contributed by atoms with E-state index in [0.717, 1.165) is 89.9 Å². The van der Waals surface area contributed by atoms with Crippen molar-refractivity contribution in [3.8, 4) is 0 Å². The number of morpholine rings is 1. The van der Waals surface area contributed by atoms with Gasteiger partial charge in [-0.05, 0) is 63.4 Å². The Labute approximate surface area is 206 Å². The van der Waals surface area contributed by atoms with Gasteiger partial charge in [0, 0.05) is 50.1 Å². The van der Waals surface area contributed by atoms with Gasteiger partial charge in [0.15, 0.2) is 0 Å². The molecule has 3 fully saturated rings. The van der Waals surface area contributed by atoms with Gasteiger partial charge >= 0.3 is 0 Å². The summed E-state index contributed by atoms with van der Waals surface area (Å²) in [5.74, 6) is 2.65. The fourth-order valence-electron chi connectivity index (χ4n) is 6.15. The zero-order valence-corrected chi connectivity index (χ0v) is 21.1. The van der Waals surface area contributed by atoms with Crippen LogP contribution >= 0.6 is 11.3 Å². The smallest absolute Gasteiger partial charge is 0.225 e. The molecule has 0 aromatic carbocycles. The highest BCUT2D eigenvalue weighted by atomic mass is 32.1. The van der Waals surface area contributed by atoms with Crippen molar-refractivity contribution in [1.82, 2.24) is 19.8 Å². The molecule has 0 unspecified atom stereocenters. The van der Waals surface area contributed by atoms with E-state index in [9.17, 15) is 4.79 Å². The molecule has 184 valence electrons. The number of hydrogen-bond donors (Lipinski definition) is 0. The number of hydrogen-bond acceptors (Lipinski definition) is 7. The van der Waals surface area contributed by atoms with E-state index < -0.39 is 0 Å². The van der Waals surface area contributed by atoms with Crippen molar-refractivity contribution in [2.45, 2.75) is 64.3 Å². The summed E-state index contributed by atoms with van der Waals surface area (Å²) in [5.41, 5.74) is 1.51. The Morgan fingerprint density at radius 3 is 2.47 bits per heavy atom. The first-order valence-corrected chi connectivity index (χ1v) is 14.2. The Kier molecular flexibility index (Phi) is 6.72. The zero-order valence-electron chi connectivity index (χ0n) is 20.3. The molecule has 2 aromatic heterocycles. The number of ether oxygens (including phenoxy) is 1. The van der Waals surface area contributed by atoms with E-state index in [0.29, 0.717) is 5.91 Å². The molecule has 0 N–H and O–H groups in total.